The van der Waals surface area contributed by atoms with Crippen molar-refractivity contribution in [3.63, 3.8) is 0 Å². The minimum absolute atomic E-state index is 0.416. The fourth-order valence-corrected chi connectivity index (χ4v) is 2.05. The molecule has 0 spiro atoms. The van der Waals surface area contributed by atoms with Crippen LogP contribution in [-0.2, 0) is 13.6 Å². The summed E-state index contributed by atoms with van der Waals surface area (Å²) in [6.45, 7) is 0.416. The van der Waals surface area contributed by atoms with Gasteiger partial charge < -0.3 is 5.73 Å². The number of hydrogen-bond acceptors (Lipinski definition) is 3. The molecular formula is C12H12ClN5. The van der Waals surface area contributed by atoms with Crippen LogP contribution in [0.25, 0.3) is 17.2 Å². The molecule has 0 fully saturated rings. The van der Waals surface area contributed by atoms with Crippen molar-refractivity contribution in [3.05, 3.63) is 41.2 Å². The number of aryl methyl sites for hydroxylation is 1. The van der Waals surface area contributed by atoms with Crippen LogP contribution in [0.1, 0.15) is 5.69 Å². The number of nitrogens with zero attached hydrogens (tertiary/aromatic N) is 4. The Morgan fingerprint density at radius 3 is 2.61 bits per heavy atom. The van der Waals surface area contributed by atoms with E-state index in [0.717, 1.165) is 22.9 Å². The molecule has 92 valence electrons. The summed E-state index contributed by atoms with van der Waals surface area (Å²) in [5.74, 6) is 1.62. The van der Waals surface area contributed by atoms with Gasteiger partial charge in [-0.15, -0.1) is 5.10 Å². The average molecular weight is 262 g/mol. The van der Waals surface area contributed by atoms with Crippen molar-refractivity contribution in [2.24, 2.45) is 12.8 Å². The quantitative estimate of drug-likeness (QED) is 0.766. The SMILES string of the molecule is Cn1c(-c2ccc(Cl)cc2)nn2cc(CN)nc12. The molecule has 2 aromatic heterocycles. The van der Waals surface area contributed by atoms with Gasteiger partial charge in [0.2, 0.25) is 5.78 Å². The van der Waals surface area contributed by atoms with Crippen LogP contribution in [0.2, 0.25) is 5.02 Å². The number of rotatable bonds is 2. The molecule has 0 aliphatic heterocycles. The molecule has 1 aromatic carbocycles. The fraction of sp³-hybridized carbons (Fsp3) is 0.167. The lowest BCUT2D eigenvalue weighted by Gasteiger charge is -2.00. The van der Waals surface area contributed by atoms with Crippen molar-refractivity contribution in [2.75, 3.05) is 0 Å². The second-order valence-electron chi connectivity index (χ2n) is 4.07. The van der Waals surface area contributed by atoms with Crippen molar-refractivity contribution in [2.45, 2.75) is 6.54 Å². The third kappa shape index (κ3) is 1.68. The lowest BCUT2D eigenvalue weighted by atomic mass is 10.2. The predicted molar refractivity (Wildman–Crippen MR) is 70.3 cm³/mol. The van der Waals surface area contributed by atoms with Crippen LogP contribution in [0.4, 0.5) is 0 Å². The largest absolute Gasteiger partial charge is 0.325 e. The number of halogens is 1. The van der Waals surface area contributed by atoms with Crippen LogP contribution in [0, 0.1) is 0 Å². The van der Waals surface area contributed by atoms with E-state index in [-0.39, 0.29) is 0 Å². The summed E-state index contributed by atoms with van der Waals surface area (Å²) < 4.78 is 3.68. The Bertz CT molecular complexity index is 695. The summed E-state index contributed by atoms with van der Waals surface area (Å²) in [5, 5.41) is 5.21. The monoisotopic (exact) mass is 261 g/mol. The lowest BCUT2D eigenvalue weighted by Crippen LogP contribution is -1.98. The van der Waals surface area contributed by atoms with Gasteiger partial charge in [-0.05, 0) is 24.3 Å². The molecule has 5 nitrogen and oxygen atoms in total. The predicted octanol–water partition coefficient (Wildman–Crippen LogP) is 1.85. The van der Waals surface area contributed by atoms with E-state index in [4.69, 9.17) is 17.3 Å². The van der Waals surface area contributed by atoms with Gasteiger partial charge in [-0.25, -0.2) is 9.50 Å². The molecule has 0 aliphatic carbocycles. The number of aromatic nitrogens is 4. The number of hydrogen-bond donors (Lipinski definition) is 1. The van der Waals surface area contributed by atoms with E-state index < -0.39 is 0 Å². The molecule has 6 heteroatoms. The maximum Gasteiger partial charge on any atom is 0.232 e. The van der Waals surface area contributed by atoms with Gasteiger partial charge >= 0.3 is 0 Å². The van der Waals surface area contributed by atoms with Crippen LogP contribution < -0.4 is 5.73 Å². The van der Waals surface area contributed by atoms with Gasteiger partial charge in [0.1, 0.15) is 0 Å². The first kappa shape index (κ1) is 11.3. The van der Waals surface area contributed by atoms with Gasteiger partial charge in [0, 0.05) is 24.2 Å². The maximum atomic E-state index is 5.88. The lowest BCUT2D eigenvalue weighted by molar-refractivity contribution is 0.924. The van der Waals surface area contributed by atoms with E-state index in [1.54, 1.807) is 4.52 Å². The number of nitrogens with two attached hydrogens (primary N) is 1. The zero-order valence-electron chi connectivity index (χ0n) is 9.84. The second-order valence-corrected chi connectivity index (χ2v) is 4.51. The molecular weight excluding hydrogens is 250 g/mol. The van der Waals surface area contributed by atoms with Crippen LogP contribution in [0.3, 0.4) is 0 Å². The number of imidazole rings is 1. The Morgan fingerprint density at radius 2 is 2.00 bits per heavy atom. The van der Waals surface area contributed by atoms with E-state index in [1.807, 2.05) is 42.1 Å². The highest BCUT2D eigenvalue weighted by Crippen LogP contribution is 2.21. The van der Waals surface area contributed by atoms with Gasteiger partial charge in [-0.3, -0.25) is 4.57 Å². The van der Waals surface area contributed by atoms with Crippen LogP contribution in [0.15, 0.2) is 30.5 Å². The highest BCUT2D eigenvalue weighted by molar-refractivity contribution is 6.30. The first-order chi connectivity index (χ1) is 8.69. The van der Waals surface area contributed by atoms with Crippen LogP contribution in [-0.4, -0.2) is 19.2 Å². The number of benzene rings is 1. The second kappa shape index (κ2) is 4.12. The summed E-state index contributed by atoms with van der Waals surface area (Å²) in [4.78, 5) is 4.41. The molecule has 0 unspecified atom stereocenters. The Balaban J connectivity index is 2.15. The zero-order chi connectivity index (χ0) is 12.7. The summed E-state index contributed by atoms with van der Waals surface area (Å²) in [7, 11) is 1.93. The molecule has 0 radical (unpaired) electrons. The maximum absolute atomic E-state index is 5.88. The molecule has 2 heterocycles. The normalized spacial score (nSPS) is 11.3. The smallest absolute Gasteiger partial charge is 0.232 e. The Morgan fingerprint density at radius 1 is 1.28 bits per heavy atom. The van der Waals surface area contributed by atoms with Gasteiger partial charge in [-0.2, -0.15) is 0 Å². The summed E-state index contributed by atoms with van der Waals surface area (Å²) >= 11 is 5.88. The Hall–Kier alpha value is -1.85. The van der Waals surface area contributed by atoms with Gasteiger partial charge in [0.25, 0.3) is 0 Å². The topological polar surface area (TPSA) is 61.1 Å². The van der Waals surface area contributed by atoms with Crippen molar-refractivity contribution in [1.29, 1.82) is 0 Å². The third-order valence-electron chi connectivity index (χ3n) is 2.85. The Labute approximate surface area is 109 Å². The molecule has 0 saturated heterocycles. The molecule has 0 atom stereocenters. The summed E-state index contributed by atoms with van der Waals surface area (Å²) in [6.07, 6.45) is 1.84. The van der Waals surface area contributed by atoms with Gasteiger partial charge in [0.05, 0.1) is 11.9 Å². The van der Waals surface area contributed by atoms with Crippen molar-refractivity contribution >= 4 is 17.4 Å². The third-order valence-corrected chi connectivity index (χ3v) is 3.10. The van der Waals surface area contributed by atoms with E-state index in [0.29, 0.717) is 11.6 Å². The minimum atomic E-state index is 0.416. The molecule has 0 bridgehead atoms. The van der Waals surface area contributed by atoms with Crippen molar-refractivity contribution in [3.8, 4) is 11.4 Å². The molecule has 0 amide bonds. The summed E-state index contributed by atoms with van der Waals surface area (Å²) in [6, 6.07) is 7.57. The highest BCUT2D eigenvalue weighted by atomic mass is 35.5. The number of fused-ring (bicyclic) bond motifs is 1. The van der Waals surface area contributed by atoms with E-state index in [9.17, 15) is 0 Å². The van der Waals surface area contributed by atoms with Crippen LogP contribution >= 0.6 is 11.6 Å². The van der Waals surface area contributed by atoms with Crippen molar-refractivity contribution < 1.29 is 0 Å². The average Bonchev–Trinajstić information content (AvgIpc) is 2.90. The first-order valence-electron chi connectivity index (χ1n) is 5.56. The minimum Gasteiger partial charge on any atom is -0.325 e. The fourth-order valence-electron chi connectivity index (χ4n) is 1.92. The molecule has 0 aliphatic rings. The molecule has 3 rings (SSSR count). The van der Waals surface area contributed by atoms with E-state index in [2.05, 4.69) is 10.1 Å². The molecule has 0 saturated carbocycles. The van der Waals surface area contributed by atoms with Crippen molar-refractivity contribution in [1.82, 2.24) is 19.2 Å². The highest BCUT2D eigenvalue weighted by Gasteiger charge is 2.12. The molecule has 18 heavy (non-hydrogen) atoms. The Kier molecular flexibility index (Phi) is 2.57. The van der Waals surface area contributed by atoms with Gasteiger partial charge in [-0.1, -0.05) is 11.6 Å². The summed E-state index contributed by atoms with van der Waals surface area (Å²) in [5.41, 5.74) is 7.39. The van der Waals surface area contributed by atoms with E-state index in [1.165, 1.54) is 0 Å². The standard InChI is InChI=1S/C12H12ClN5/c1-17-11(8-2-4-9(13)5-3-8)16-18-7-10(6-14)15-12(17)18/h2-5,7H,6,14H2,1H3. The first-order valence-corrected chi connectivity index (χ1v) is 5.94. The molecule has 2 N–H and O–H groups in total. The van der Waals surface area contributed by atoms with Gasteiger partial charge in [0.15, 0.2) is 5.82 Å². The zero-order valence-corrected chi connectivity index (χ0v) is 10.6. The van der Waals surface area contributed by atoms with E-state index >= 15 is 0 Å². The van der Waals surface area contributed by atoms with Crippen LogP contribution in [0.5, 0.6) is 0 Å². The molecule has 3 aromatic rings.